The number of alkyl halides is 1. The number of aliphatic hydroxyl groups excluding tert-OH is 1. The van der Waals surface area contributed by atoms with Crippen LogP contribution in [0.2, 0.25) is 0 Å². The normalized spacial score (nSPS) is 37.6. The van der Waals surface area contributed by atoms with Crippen molar-refractivity contribution in [2.24, 2.45) is 23.5 Å². The molecule has 5 rings (SSSR count). The quantitative estimate of drug-likeness (QED) is 0.178. The first-order valence-electron chi connectivity index (χ1n) is 19.4. The summed E-state index contributed by atoms with van der Waals surface area (Å²) in [6, 6.07) is 2.46. The Hall–Kier alpha value is -4.41. The van der Waals surface area contributed by atoms with Crippen LogP contribution in [0.15, 0.2) is 24.4 Å². The summed E-state index contributed by atoms with van der Waals surface area (Å²) in [6.07, 6.45) is -4.86. The number of fused-ring (bicyclic) bond motifs is 1. The number of carbonyl (C=O) groups excluding carboxylic acids is 4. The molecule has 0 spiro atoms. The van der Waals surface area contributed by atoms with Crippen LogP contribution in [-0.4, -0.2) is 127 Å². The molecule has 2 aromatic heterocycles. The van der Waals surface area contributed by atoms with Gasteiger partial charge >= 0.3 is 12.1 Å². The molecule has 16 nitrogen and oxygen atoms in total. The van der Waals surface area contributed by atoms with Crippen molar-refractivity contribution >= 4 is 23.6 Å². The van der Waals surface area contributed by atoms with E-state index in [1.807, 2.05) is 0 Å². The number of halogens is 2. The van der Waals surface area contributed by atoms with Crippen molar-refractivity contribution in [3.63, 3.8) is 0 Å². The van der Waals surface area contributed by atoms with E-state index in [4.69, 9.17) is 29.4 Å². The van der Waals surface area contributed by atoms with E-state index in [-0.39, 0.29) is 37.4 Å². The number of methoxy groups -OCH3 is 1. The zero-order chi connectivity index (χ0) is 42.9. The molecule has 5 heterocycles. The van der Waals surface area contributed by atoms with Crippen molar-refractivity contribution < 1.29 is 56.7 Å². The number of Topliss-reactive ketones (excluding diaryl/α,β-unsaturated/α-hetero) is 2. The predicted octanol–water partition coefficient (Wildman–Crippen LogP) is 3.18. The molecule has 0 aromatic carbocycles. The van der Waals surface area contributed by atoms with Crippen molar-refractivity contribution in [3.05, 3.63) is 30.3 Å². The topological polar surface area (TPSA) is 208 Å². The van der Waals surface area contributed by atoms with Crippen molar-refractivity contribution in [2.75, 3.05) is 13.7 Å². The molecule has 3 N–H and O–H groups in total. The summed E-state index contributed by atoms with van der Waals surface area (Å²) in [7, 11) is 1.35. The SMILES string of the molecule is CC[C@H]1OC(=O)[C@@](C)(F)C(=O)[C@H](C)[C@@H](O[C@@H]2O[C@H](C)CC(N)C2O)[C@](C)(OC)C[C@@H](C)C(=O)[C@H](C)[C@H]2N(CC#CCn3cc(-c4cccc(F)n4)nn3)C(=O)O[C@]12C. The standard InChI is InChI=1S/C40H54F2N6O10/c1-10-28-40(8)32(48(37(53)58-40)17-12-11-16-47-20-27(45-46-47)26-14-13-15-29(41)44-26)23(4)30(49)21(2)19-38(6,54-9)34(24(5)33(51)39(7,42)36(52)56-28)57-35-31(50)25(43)18-22(3)55-35/h13-15,20-25,28,31-32,34-35,50H,10,16-19,43H2,1-9H3/t21-,22-,23+,24+,25?,28-,31?,32-,34-,35+,38-,39+,40-/m1/s1. The van der Waals surface area contributed by atoms with Crippen LogP contribution in [0, 0.1) is 35.5 Å². The Morgan fingerprint density at radius 1 is 1.05 bits per heavy atom. The average Bonchev–Trinajstić information content (AvgIpc) is 3.75. The molecule has 3 saturated heterocycles. The van der Waals surface area contributed by atoms with Gasteiger partial charge in [-0.3, -0.25) is 14.5 Å². The van der Waals surface area contributed by atoms with Gasteiger partial charge in [0.05, 0.1) is 42.3 Å². The number of aromatic nitrogens is 4. The summed E-state index contributed by atoms with van der Waals surface area (Å²) in [6.45, 7) is 11.7. The molecule has 13 atom stereocenters. The molecular weight excluding hydrogens is 762 g/mol. The maximum atomic E-state index is 16.8. The summed E-state index contributed by atoms with van der Waals surface area (Å²) >= 11 is 0. The smallest absolute Gasteiger partial charge is 0.411 e. The fraction of sp³-hybridized carbons (Fsp3) is 0.675. The third-order valence-corrected chi connectivity index (χ3v) is 11.7. The van der Waals surface area contributed by atoms with E-state index in [1.54, 1.807) is 40.7 Å². The van der Waals surface area contributed by atoms with E-state index < -0.39 is 101 Å². The number of rotatable bonds is 7. The molecule has 0 radical (unpaired) electrons. The van der Waals surface area contributed by atoms with Crippen molar-refractivity contribution in [1.29, 1.82) is 0 Å². The Kier molecular flexibility index (Phi) is 13.4. The van der Waals surface area contributed by atoms with Gasteiger partial charge in [-0.15, -0.1) is 5.10 Å². The number of esters is 1. The van der Waals surface area contributed by atoms with Crippen LogP contribution in [-0.2, 0) is 44.6 Å². The van der Waals surface area contributed by atoms with Crippen molar-refractivity contribution in [1.82, 2.24) is 24.9 Å². The molecule has 18 heteroatoms. The monoisotopic (exact) mass is 816 g/mol. The van der Waals surface area contributed by atoms with E-state index in [0.29, 0.717) is 12.1 Å². The Morgan fingerprint density at radius 3 is 2.40 bits per heavy atom. The minimum Gasteiger partial charge on any atom is -0.455 e. The van der Waals surface area contributed by atoms with Gasteiger partial charge in [-0.2, -0.15) is 4.39 Å². The highest BCUT2D eigenvalue weighted by atomic mass is 19.1. The van der Waals surface area contributed by atoms with Crippen molar-refractivity contribution in [2.45, 2.75) is 141 Å². The third-order valence-electron chi connectivity index (χ3n) is 11.7. The number of aliphatic hydroxyl groups is 1. The van der Waals surface area contributed by atoms with Crippen LogP contribution < -0.4 is 5.73 Å². The highest BCUT2D eigenvalue weighted by Gasteiger charge is 2.61. The lowest BCUT2D eigenvalue weighted by Crippen LogP contribution is -2.61. The van der Waals surface area contributed by atoms with Gasteiger partial charge < -0.3 is 34.5 Å². The van der Waals surface area contributed by atoms with Gasteiger partial charge in [-0.1, -0.05) is 50.8 Å². The van der Waals surface area contributed by atoms with Crippen LogP contribution in [0.3, 0.4) is 0 Å². The maximum absolute atomic E-state index is 16.8. The van der Waals surface area contributed by atoms with Crippen LogP contribution in [0.25, 0.3) is 11.4 Å². The van der Waals surface area contributed by atoms with Crippen LogP contribution in [0.5, 0.6) is 0 Å². The summed E-state index contributed by atoms with van der Waals surface area (Å²) in [5.74, 6) is -1.11. The van der Waals surface area contributed by atoms with E-state index in [0.717, 1.165) is 6.92 Å². The molecule has 2 unspecified atom stereocenters. The molecule has 0 bridgehead atoms. The second-order valence-electron chi connectivity index (χ2n) is 16.2. The Labute approximate surface area is 336 Å². The summed E-state index contributed by atoms with van der Waals surface area (Å²) in [5.41, 5.74) is 0.314. The number of pyridine rings is 1. The van der Waals surface area contributed by atoms with Gasteiger partial charge in [-0.25, -0.2) is 23.6 Å². The zero-order valence-electron chi connectivity index (χ0n) is 34.3. The van der Waals surface area contributed by atoms with Crippen LogP contribution in [0.1, 0.15) is 74.7 Å². The molecule has 3 fully saturated rings. The van der Waals surface area contributed by atoms with Crippen LogP contribution >= 0.6 is 0 Å². The largest absolute Gasteiger partial charge is 0.455 e. The molecule has 2 aromatic rings. The lowest BCUT2D eigenvalue weighted by atomic mass is 9.73. The van der Waals surface area contributed by atoms with E-state index in [2.05, 4.69) is 27.1 Å². The highest BCUT2D eigenvalue weighted by Crippen LogP contribution is 2.43. The third kappa shape index (κ3) is 8.79. The fourth-order valence-electron chi connectivity index (χ4n) is 8.51. The summed E-state index contributed by atoms with van der Waals surface area (Å²) in [4.78, 5) is 61.2. The number of cyclic esters (lactones) is 1. The van der Waals surface area contributed by atoms with Gasteiger partial charge in [0.15, 0.2) is 17.7 Å². The van der Waals surface area contributed by atoms with Crippen molar-refractivity contribution in [3.8, 4) is 23.2 Å². The van der Waals surface area contributed by atoms with Gasteiger partial charge in [0.2, 0.25) is 5.95 Å². The lowest BCUT2D eigenvalue weighted by Gasteiger charge is -2.46. The second-order valence-corrected chi connectivity index (χ2v) is 16.2. The number of nitrogens with zero attached hydrogens (tertiary/aromatic N) is 5. The van der Waals surface area contributed by atoms with Gasteiger partial charge in [0.25, 0.3) is 5.67 Å². The Balaban J connectivity index is 1.49. The number of nitrogens with two attached hydrogens (primary N) is 1. The number of ketones is 2. The Bertz CT molecular complexity index is 1920. The average molecular weight is 817 g/mol. The molecule has 0 saturated carbocycles. The van der Waals surface area contributed by atoms with Gasteiger partial charge in [0, 0.05) is 30.9 Å². The molecular formula is C40H54F2N6O10. The molecule has 1 amide bonds. The first-order chi connectivity index (χ1) is 27.2. The number of amides is 1. The minimum atomic E-state index is -3.23. The zero-order valence-corrected chi connectivity index (χ0v) is 34.3. The summed E-state index contributed by atoms with van der Waals surface area (Å²) < 4.78 is 61.7. The van der Waals surface area contributed by atoms with E-state index in [1.165, 1.54) is 48.9 Å². The predicted molar refractivity (Wildman–Crippen MR) is 201 cm³/mol. The second kappa shape index (κ2) is 17.4. The highest BCUT2D eigenvalue weighted by molar-refractivity contribution is 6.08. The first-order valence-corrected chi connectivity index (χ1v) is 19.4. The van der Waals surface area contributed by atoms with Gasteiger partial charge in [0.1, 0.15) is 30.2 Å². The van der Waals surface area contributed by atoms with Gasteiger partial charge in [-0.05, 0) is 59.1 Å². The van der Waals surface area contributed by atoms with E-state index >= 15 is 4.39 Å². The number of hydrogen-bond donors (Lipinski definition) is 2. The lowest BCUT2D eigenvalue weighted by molar-refractivity contribution is -0.288. The number of hydrogen-bond acceptors (Lipinski definition) is 14. The van der Waals surface area contributed by atoms with Crippen LogP contribution in [0.4, 0.5) is 13.6 Å². The number of carbonyl (C=O) groups is 4. The number of ether oxygens (including phenoxy) is 5. The molecule has 58 heavy (non-hydrogen) atoms. The molecule has 318 valence electrons. The fourth-order valence-corrected chi connectivity index (χ4v) is 8.51. The molecule has 3 aliphatic rings. The molecule has 0 aliphatic carbocycles. The Morgan fingerprint density at radius 2 is 1.74 bits per heavy atom. The van der Waals surface area contributed by atoms with E-state index in [9.17, 15) is 28.7 Å². The first kappa shape index (κ1) is 44.7. The molecule has 3 aliphatic heterocycles. The maximum Gasteiger partial charge on any atom is 0.411 e. The minimum absolute atomic E-state index is 0.0134. The summed E-state index contributed by atoms with van der Waals surface area (Å²) in [5, 5.41) is 19.0.